The molecule has 5 nitrogen and oxygen atoms in total. The van der Waals surface area contributed by atoms with Crippen LogP contribution < -0.4 is 15.5 Å². The van der Waals surface area contributed by atoms with E-state index in [0.717, 1.165) is 36.2 Å². The van der Waals surface area contributed by atoms with Crippen molar-refractivity contribution in [3.8, 4) is 11.8 Å². The van der Waals surface area contributed by atoms with Gasteiger partial charge in [-0.1, -0.05) is 35.6 Å². The molecular weight excluding hydrogens is 374 g/mol. The van der Waals surface area contributed by atoms with Gasteiger partial charge >= 0.3 is 6.03 Å². The number of carbonyl (C=O) groups excluding carboxylic acids is 2. The number of piperidine rings is 1. The Kier molecular flexibility index (Phi) is 6.94. The molecule has 6 heteroatoms. The zero-order valence-electron chi connectivity index (χ0n) is 15.5. The maximum absolute atomic E-state index is 12.0. The highest BCUT2D eigenvalue weighted by Crippen LogP contribution is 2.21. The molecule has 2 aromatic rings. The molecule has 1 heterocycles. The average Bonchev–Trinajstić information content (AvgIpc) is 2.72. The lowest BCUT2D eigenvalue weighted by atomic mass is 10.1. The maximum Gasteiger partial charge on any atom is 0.315 e. The molecule has 0 atom stereocenters. The second kappa shape index (κ2) is 9.82. The molecule has 2 aromatic carbocycles. The van der Waals surface area contributed by atoms with Crippen molar-refractivity contribution < 1.29 is 9.59 Å². The molecule has 0 unspecified atom stereocenters. The van der Waals surface area contributed by atoms with Crippen LogP contribution in [0.1, 0.15) is 30.4 Å². The molecule has 3 amide bonds. The lowest BCUT2D eigenvalue weighted by Gasteiger charge is -2.26. The van der Waals surface area contributed by atoms with Gasteiger partial charge < -0.3 is 15.5 Å². The minimum Gasteiger partial charge on any atom is -0.334 e. The van der Waals surface area contributed by atoms with Crippen molar-refractivity contribution in [2.75, 3.05) is 18.0 Å². The molecule has 0 radical (unpaired) electrons. The number of halogens is 1. The highest BCUT2D eigenvalue weighted by Gasteiger charge is 2.19. The molecule has 1 aliphatic heterocycles. The first kappa shape index (κ1) is 19.8. The first-order valence-electron chi connectivity index (χ1n) is 9.27. The Balaban J connectivity index is 1.43. The number of nitrogens with one attached hydrogen (secondary N) is 2. The van der Waals surface area contributed by atoms with Crippen LogP contribution in [0.15, 0.2) is 48.5 Å². The Labute approximate surface area is 170 Å². The van der Waals surface area contributed by atoms with Crippen LogP contribution in [0.5, 0.6) is 0 Å². The van der Waals surface area contributed by atoms with Gasteiger partial charge in [-0.25, -0.2) is 4.79 Å². The quantitative estimate of drug-likeness (QED) is 0.775. The van der Waals surface area contributed by atoms with E-state index in [2.05, 4.69) is 22.5 Å². The zero-order valence-corrected chi connectivity index (χ0v) is 16.3. The van der Waals surface area contributed by atoms with Gasteiger partial charge in [-0.2, -0.15) is 0 Å². The SMILES string of the molecule is O=C(NCC#Cc1ccc(N2CCCCC2=O)cc1)NCc1ccc(Cl)cc1. The van der Waals surface area contributed by atoms with E-state index >= 15 is 0 Å². The normalized spacial score (nSPS) is 13.5. The van der Waals surface area contributed by atoms with Crippen molar-refractivity contribution in [2.24, 2.45) is 0 Å². The number of rotatable bonds is 4. The van der Waals surface area contributed by atoms with Crippen LogP contribution in [0.2, 0.25) is 5.02 Å². The molecule has 0 bridgehead atoms. The number of anilines is 1. The molecule has 28 heavy (non-hydrogen) atoms. The van der Waals surface area contributed by atoms with Crippen molar-refractivity contribution in [1.29, 1.82) is 0 Å². The predicted molar refractivity (Wildman–Crippen MR) is 111 cm³/mol. The topological polar surface area (TPSA) is 61.4 Å². The standard InChI is InChI=1S/C22H22ClN3O2/c23-19-10-6-18(7-11-19)16-25-22(28)24-14-3-4-17-8-12-20(13-9-17)26-15-2-1-5-21(26)27/h6-13H,1-2,5,14-16H2,(H2,24,25,28). The highest BCUT2D eigenvalue weighted by atomic mass is 35.5. The van der Waals surface area contributed by atoms with Crippen molar-refractivity contribution in [3.63, 3.8) is 0 Å². The van der Waals surface area contributed by atoms with E-state index in [1.54, 1.807) is 12.1 Å². The van der Waals surface area contributed by atoms with E-state index in [0.29, 0.717) is 18.0 Å². The van der Waals surface area contributed by atoms with E-state index in [1.807, 2.05) is 41.3 Å². The van der Waals surface area contributed by atoms with Gasteiger partial charge in [0.25, 0.3) is 0 Å². The monoisotopic (exact) mass is 395 g/mol. The van der Waals surface area contributed by atoms with Crippen molar-refractivity contribution >= 4 is 29.2 Å². The van der Waals surface area contributed by atoms with Gasteiger partial charge in [-0.15, -0.1) is 0 Å². The van der Waals surface area contributed by atoms with Crippen LogP contribution in [0.4, 0.5) is 10.5 Å². The summed E-state index contributed by atoms with van der Waals surface area (Å²) in [6.07, 6.45) is 2.63. The molecular formula is C22H22ClN3O2. The lowest BCUT2D eigenvalue weighted by molar-refractivity contribution is -0.119. The third-order valence-electron chi connectivity index (χ3n) is 4.44. The molecule has 1 aliphatic rings. The fraction of sp³-hybridized carbons (Fsp3) is 0.273. The fourth-order valence-electron chi connectivity index (χ4n) is 2.92. The number of nitrogens with zero attached hydrogens (tertiary/aromatic N) is 1. The summed E-state index contributed by atoms with van der Waals surface area (Å²) in [5.41, 5.74) is 2.73. The van der Waals surface area contributed by atoms with Gasteiger partial charge in [-0.3, -0.25) is 4.79 Å². The Morgan fingerprint density at radius 1 is 1.04 bits per heavy atom. The molecule has 0 saturated carbocycles. The van der Waals surface area contributed by atoms with Crippen LogP contribution >= 0.6 is 11.6 Å². The highest BCUT2D eigenvalue weighted by molar-refractivity contribution is 6.30. The molecule has 0 aromatic heterocycles. The van der Waals surface area contributed by atoms with E-state index in [4.69, 9.17) is 11.6 Å². The number of hydrogen-bond acceptors (Lipinski definition) is 2. The van der Waals surface area contributed by atoms with Crippen molar-refractivity contribution in [1.82, 2.24) is 10.6 Å². The molecule has 0 spiro atoms. The number of benzene rings is 2. The number of urea groups is 1. The lowest BCUT2D eigenvalue weighted by Crippen LogP contribution is -2.35. The van der Waals surface area contributed by atoms with Crippen molar-refractivity contribution in [2.45, 2.75) is 25.8 Å². The Morgan fingerprint density at radius 3 is 2.50 bits per heavy atom. The summed E-state index contributed by atoms with van der Waals surface area (Å²) < 4.78 is 0. The van der Waals surface area contributed by atoms with E-state index < -0.39 is 0 Å². The van der Waals surface area contributed by atoms with Gasteiger partial charge in [-0.05, 0) is 54.8 Å². The minimum atomic E-state index is -0.275. The molecule has 2 N–H and O–H groups in total. The van der Waals surface area contributed by atoms with Gasteiger partial charge in [0.05, 0.1) is 6.54 Å². The van der Waals surface area contributed by atoms with E-state index in [-0.39, 0.29) is 18.5 Å². The summed E-state index contributed by atoms with van der Waals surface area (Å²) in [6.45, 7) is 1.45. The van der Waals surface area contributed by atoms with Crippen LogP contribution in [0.25, 0.3) is 0 Å². The summed E-state index contributed by atoms with van der Waals surface area (Å²) in [5.74, 6) is 6.12. The van der Waals surface area contributed by atoms with Gasteiger partial charge in [0.15, 0.2) is 0 Å². The first-order chi connectivity index (χ1) is 13.6. The second-order valence-electron chi connectivity index (χ2n) is 6.51. The van der Waals surface area contributed by atoms with E-state index in [9.17, 15) is 9.59 Å². The predicted octanol–water partition coefficient (Wildman–Crippen LogP) is 3.71. The fourth-order valence-corrected chi connectivity index (χ4v) is 3.05. The summed E-state index contributed by atoms with van der Waals surface area (Å²) in [6, 6.07) is 14.6. The van der Waals surface area contributed by atoms with Gasteiger partial charge in [0.1, 0.15) is 0 Å². The molecule has 1 fully saturated rings. The third-order valence-corrected chi connectivity index (χ3v) is 4.69. The number of hydrogen-bond donors (Lipinski definition) is 2. The molecule has 1 saturated heterocycles. The largest absolute Gasteiger partial charge is 0.334 e. The van der Waals surface area contributed by atoms with Gasteiger partial charge in [0, 0.05) is 35.8 Å². The number of carbonyl (C=O) groups is 2. The van der Waals surface area contributed by atoms with E-state index in [1.165, 1.54) is 0 Å². The summed E-state index contributed by atoms with van der Waals surface area (Å²) in [7, 11) is 0. The van der Waals surface area contributed by atoms with Crippen molar-refractivity contribution in [3.05, 3.63) is 64.7 Å². The van der Waals surface area contributed by atoms with Crippen LogP contribution in [-0.4, -0.2) is 25.0 Å². The molecule has 3 rings (SSSR count). The Bertz CT molecular complexity index is 883. The summed E-state index contributed by atoms with van der Waals surface area (Å²) >= 11 is 5.83. The molecule has 144 valence electrons. The molecule has 0 aliphatic carbocycles. The average molecular weight is 396 g/mol. The smallest absolute Gasteiger partial charge is 0.315 e. The summed E-state index contributed by atoms with van der Waals surface area (Å²) in [4.78, 5) is 25.6. The van der Waals surface area contributed by atoms with Crippen LogP contribution in [0, 0.1) is 11.8 Å². The minimum absolute atomic E-state index is 0.180. The Hall–Kier alpha value is -2.97. The van der Waals surface area contributed by atoms with Gasteiger partial charge in [0.2, 0.25) is 5.91 Å². The zero-order chi connectivity index (χ0) is 19.8. The van der Waals surface area contributed by atoms with Crippen LogP contribution in [0.3, 0.4) is 0 Å². The maximum atomic E-state index is 12.0. The Morgan fingerprint density at radius 2 is 1.79 bits per heavy atom. The van der Waals surface area contributed by atoms with Crippen LogP contribution in [-0.2, 0) is 11.3 Å². The second-order valence-corrected chi connectivity index (χ2v) is 6.95. The summed E-state index contributed by atoms with van der Waals surface area (Å²) in [5, 5.41) is 6.13. The third kappa shape index (κ3) is 5.77. The number of amides is 3. The first-order valence-corrected chi connectivity index (χ1v) is 9.65.